The highest BCUT2D eigenvalue weighted by Gasteiger charge is 2.16. The van der Waals surface area contributed by atoms with Crippen LogP contribution < -0.4 is 10.6 Å². The molecule has 4 rings (SSSR count). The molecule has 5 nitrogen and oxygen atoms in total. The summed E-state index contributed by atoms with van der Waals surface area (Å²) in [7, 11) is 0. The predicted octanol–water partition coefficient (Wildman–Crippen LogP) is 4.30. The van der Waals surface area contributed by atoms with E-state index in [4.69, 9.17) is 4.74 Å². The van der Waals surface area contributed by atoms with Gasteiger partial charge >= 0.3 is 0 Å². The summed E-state index contributed by atoms with van der Waals surface area (Å²) in [5.41, 5.74) is 5.45. The predicted molar refractivity (Wildman–Crippen MR) is 129 cm³/mol. The van der Waals surface area contributed by atoms with Crippen LogP contribution in [0.4, 0.5) is 5.69 Å². The molecule has 2 N–H and O–H groups in total. The van der Waals surface area contributed by atoms with Crippen LogP contribution in [0.15, 0.2) is 78.9 Å². The second-order valence-electron chi connectivity index (χ2n) is 8.16. The molecule has 1 atom stereocenters. The molecule has 32 heavy (non-hydrogen) atoms. The average Bonchev–Trinajstić information content (AvgIpc) is 2.85. The SMILES string of the molecule is C[C@H](NCc1ccccc1CN1CCOCC1)C(=O)Nc1ccccc1-c1ccccc1. The van der Waals surface area contributed by atoms with Crippen molar-refractivity contribution in [2.45, 2.75) is 26.1 Å². The molecular weight excluding hydrogens is 398 g/mol. The maximum Gasteiger partial charge on any atom is 0.241 e. The molecule has 1 aliphatic heterocycles. The van der Waals surface area contributed by atoms with Gasteiger partial charge in [0.25, 0.3) is 0 Å². The number of hydrogen-bond donors (Lipinski definition) is 2. The Labute approximate surface area is 190 Å². The van der Waals surface area contributed by atoms with Gasteiger partial charge in [-0.05, 0) is 29.7 Å². The summed E-state index contributed by atoms with van der Waals surface area (Å²) in [5.74, 6) is -0.0426. The third kappa shape index (κ3) is 5.82. The Morgan fingerprint density at radius 1 is 0.906 bits per heavy atom. The molecule has 0 spiro atoms. The van der Waals surface area contributed by atoms with Crippen molar-refractivity contribution in [2.75, 3.05) is 31.6 Å². The Morgan fingerprint density at radius 2 is 1.56 bits per heavy atom. The Hall–Kier alpha value is -2.99. The number of carbonyl (C=O) groups excluding carboxylic acids is 1. The highest BCUT2D eigenvalue weighted by molar-refractivity contribution is 5.98. The van der Waals surface area contributed by atoms with Crippen LogP contribution in [0.2, 0.25) is 0 Å². The lowest BCUT2D eigenvalue weighted by molar-refractivity contribution is -0.117. The van der Waals surface area contributed by atoms with E-state index in [0.717, 1.165) is 49.7 Å². The van der Waals surface area contributed by atoms with Crippen molar-refractivity contribution >= 4 is 11.6 Å². The van der Waals surface area contributed by atoms with E-state index in [2.05, 4.69) is 51.9 Å². The number of carbonyl (C=O) groups is 1. The van der Waals surface area contributed by atoms with Crippen LogP contribution in [0.5, 0.6) is 0 Å². The lowest BCUT2D eigenvalue weighted by Gasteiger charge is -2.27. The molecular formula is C27H31N3O2. The Kier molecular flexibility index (Phi) is 7.67. The lowest BCUT2D eigenvalue weighted by atomic mass is 10.0. The van der Waals surface area contributed by atoms with Crippen molar-refractivity contribution in [3.63, 3.8) is 0 Å². The van der Waals surface area contributed by atoms with Gasteiger partial charge in [0.05, 0.1) is 19.3 Å². The van der Waals surface area contributed by atoms with E-state index in [0.29, 0.717) is 6.54 Å². The van der Waals surface area contributed by atoms with E-state index in [9.17, 15) is 4.79 Å². The van der Waals surface area contributed by atoms with Gasteiger partial charge in [0.15, 0.2) is 0 Å². The summed E-state index contributed by atoms with van der Waals surface area (Å²) >= 11 is 0. The van der Waals surface area contributed by atoms with Gasteiger partial charge in [0.2, 0.25) is 5.91 Å². The summed E-state index contributed by atoms with van der Waals surface area (Å²) in [6, 6.07) is 26.2. The second-order valence-corrected chi connectivity index (χ2v) is 8.16. The first-order valence-corrected chi connectivity index (χ1v) is 11.3. The maximum atomic E-state index is 12.9. The van der Waals surface area contributed by atoms with Gasteiger partial charge in [0.1, 0.15) is 0 Å². The largest absolute Gasteiger partial charge is 0.379 e. The van der Waals surface area contributed by atoms with E-state index < -0.39 is 0 Å². The van der Waals surface area contributed by atoms with Gasteiger partial charge in [-0.2, -0.15) is 0 Å². The molecule has 0 aromatic heterocycles. The number of benzene rings is 3. The average molecular weight is 430 g/mol. The molecule has 1 fully saturated rings. The number of nitrogens with one attached hydrogen (secondary N) is 2. The zero-order chi connectivity index (χ0) is 22.2. The number of anilines is 1. The molecule has 1 heterocycles. The normalized spacial score (nSPS) is 15.3. The summed E-state index contributed by atoms with van der Waals surface area (Å²) in [6.07, 6.45) is 0. The number of rotatable bonds is 8. The van der Waals surface area contributed by atoms with Crippen LogP contribution in [-0.2, 0) is 22.6 Å². The van der Waals surface area contributed by atoms with E-state index in [1.165, 1.54) is 11.1 Å². The molecule has 0 saturated carbocycles. The number of para-hydroxylation sites is 1. The van der Waals surface area contributed by atoms with Gasteiger partial charge in [-0.3, -0.25) is 9.69 Å². The fourth-order valence-electron chi connectivity index (χ4n) is 3.94. The minimum atomic E-state index is -0.324. The molecule has 0 aliphatic carbocycles. The molecule has 3 aromatic rings. The molecule has 1 saturated heterocycles. The van der Waals surface area contributed by atoms with Crippen LogP contribution in [-0.4, -0.2) is 43.2 Å². The standard InChI is InChI=1S/C27H31N3O2/c1-21(27(31)29-26-14-8-7-13-25(26)22-9-3-2-4-10-22)28-19-23-11-5-6-12-24(23)20-30-15-17-32-18-16-30/h2-14,21,28H,15-20H2,1H3,(H,29,31)/t21-/m0/s1. The quantitative estimate of drug-likeness (QED) is 0.561. The Bertz CT molecular complexity index is 1020. The van der Waals surface area contributed by atoms with Crippen LogP contribution in [0.25, 0.3) is 11.1 Å². The molecule has 0 bridgehead atoms. The highest BCUT2D eigenvalue weighted by Crippen LogP contribution is 2.27. The zero-order valence-corrected chi connectivity index (χ0v) is 18.6. The van der Waals surface area contributed by atoms with Gasteiger partial charge in [-0.25, -0.2) is 0 Å². The minimum Gasteiger partial charge on any atom is -0.379 e. The van der Waals surface area contributed by atoms with Crippen LogP contribution in [0.3, 0.4) is 0 Å². The molecule has 0 radical (unpaired) electrons. The summed E-state index contributed by atoms with van der Waals surface area (Å²) in [6.45, 7) is 6.97. The van der Waals surface area contributed by atoms with E-state index >= 15 is 0 Å². The van der Waals surface area contributed by atoms with Gasteiger partial charge in [-0.1, -0.05) is 72.8 Å². The van der Waals surface area contributed by atoms with Crippen molar-refractivity contribution < 1.29 is 9.53 Å². The second kappa shape index (κ2) is 11.0. The molecule has 0 unspecified atom stereocenters. The number of hydrogen-bond acceptors (Lipinski definition) is 4. The molecule has 1 amide bonds. The van der Waals surface area contributed by atoms with E-state index in [1.54, 1.807) is 0 Å². The summed E-state index contributed by atoms with van der Waals surface area (Å²) in [4.78, 5) is 15.3. The number of ether oxygens (including phenoxy) is 1. The monoisotopic (exact) mass is 429 g/mol. The van der Waals surface area contributed by atoms with Crippen LogP contribution >= 0.6 is 0 Å². The third-order valence-electron chi connectivity index (χ3n) is 5.88. The van der Waals surface area contributed by atoms with E-state index in [-0.39, 0.29) is 11.9 Å². The third-order valence-corrected chi connectivity index (χ3v) is 5.88. The fourth-order valence-corrected chi connectivity index (χ4v) is 3.94. The first kappa shape index (κ1) is 22.2. The van der Waals surface area contributed by atoms with Crippen LogP contribution in [0, 0.1) is 0 Å². The van der Waals surface area contributed by atoms with Crippen molar-refractivity contribution in [3.05, 3.63) is 90.0 Å². The van der Waals surface area contributed by atoms with Crippen molar-refractivity contribution in [3.8, 4) is 11.1 Å². The number of amides is 1. The van der Waals surface area contributed by atoms with Crippen molar-refractivity contribution in [1.29, 1.82) is 0 Å². The van der Waals surface area contributed by atoms with Gasteiger partial charge in [0, 0.05) is 37.4 Å². The summed E-state index contributed by atoms with van der Waals surface area (Å²) < 4.78 is 5.46. The molecule has 3 aromatic carbocycles. The maximum absolute atomic E-state index is 12.9. The van der Waals surface area contributed by atoms with Crippen molar-refractivity contribution in [2.24, 2.45) is 0 Å². The lowest BCUT2D eigenvalue weighted by Crippen LogP contribution is -2.38. The van der Waals surface area contributed by atoms with E-state index in [1.807, 2.05) is 49.4 Å². The fraction of sp³-hybridized carbons (Fsp3) is 0.296. The zero-order valence-electron chi connectivity index (χ0n) is 18.6. The first-order chi connectivity index (χ1) is 15.7. The van der Waals surface area contributed by atoms with Crippen LogP contribution in [0.1, 0.15) is 18.1 Å². The number of morpholine rings is 1. The first-order valence-electron chi connectivity index (χ1n) is 11.3. The van der Waals surface area contributed by atoms with Gasteiger partial charge < -0.3 is 15.4 Å². The minimum absolute atomic E-state index is 0.0426. The Morgan fingerprint density at radius 3 is 2.34 bits per heavy atom. The molecule has 166 valence electrons. The highest BCUT2D eigenvalue weighted by atomic mass is 16.5. The molecule has 5 heteroatoms. The number of nitrogens with zero attached hydrogens (tertiary/aromatic N) is 1. The molecule has 1 aliphatic rings. The topological polar surface area (TPSA) is 53.6 Å². The smallest absolute Gasteiger partial charge is 0.241 e. The van der Waals surface area contributed by atoms with Crippen molar-refractivity contribution in [1.82, 2.24) is 10.2 Å². The summed E-state index contributed by atoms with van der Waals surface area (Å²) in [5, 5.41) is 6.50. The Balaban J connectivity index is 1.37. The van der Waals surface area contributed by atoms with Gasteiger partial charge in [-0.15, -0.1) is 0 Å².